The molecular weight excluding hydrogens is 260 g/mol. The second-order valence-corrected chi connectivity index (χ2v) is 5.61. The summed E-state index contributed by atoms with van der Waals surface area (Å²) in [5.41, 5.74) is 2.33. The second-order valence-electron chi connectivity index (χ2n) is 5.61. The van der Waals surface area contributed by atoms with Crippen LogP contribution >= 0.6 is 0 Å². The van der Waals surface area contributed by atoms with Crippen molar-refractivity contribution in [1.29, 1.82) is 0 Å². The Balaban J connectivity index is 2.83. The molecule has 0 amide bonds. The highest BCUT2D eigenvalue weighted by Gasteiger charge is 2.14. The summed E-state index contributed by atoms with van der Waals surface area (Å²) in [5, 5.41) is 8.84. The van der Waals surface area contributed by atoms with Crippen LogP contribution in [-0.4, -0.2) is 54.7 Å². The van der Waals surface area contributed by atoms with Crippen molar-refractivity contribution in [1.82, 2.24) is 9.80 Å². The monoisotopic (exact) mass is 288 g/mol. The fourth-order valence-electron chi connectivity index (χ4n) is 2.44. The molecule has 1 atom stereocenters. The summed E-state index contributed by atoms with van der Waals surface area (Å²) in [7, 11) is 4.22. The molecule has 0 fully saturated rings. The highest BCUT2D eigenvalue weighted by atomic mass is 16.2. The summed E-state index contributed by atoms with van der Waals surface area (Å²) < 4.78 is 0. The van der Waals surface area contributed by atoms with Crippen LogP contribution in [0.3, 0.4) is 0 Å². The van der Waals surface area contributed by atoms with Crippen molar-refractivity contribution >= 4 is 0 Å². The number of nitrogens with zero attached hydrogens (tertiary/aromatic N) is 2. The van der Waals surface area contributed by atoms with Crippen molar-refractivity contribution in [2.75, 3.05) is 33.8 Å². The molecule has 0 bridgehead atoms. The first-order valence-corrected chi connectivity index (χ1v) is 7.64. The van der Waals surface area contributed by atoms with Crippen LogP contribution in [0, 0.1) is 11.8 Å². The van der Waals surface area contributed by atoms with Gasteiger partial charge in [-0.25, -0.2) is 0 Å². The molecule has 21 heavy (non-hydrogen) atoms. The molecule has 0 aliphatic rings. The quantitative estimate of drug-likeness (QED) is 0.779. The number of benzene rings is 1. The molecule has 1 unspecified atom stereocenters. The zero-order chi connectivity index (χ0) is 15.7. The van der Waals surface area contributed by atoms with Crippen LogP contribution in [0.5, 0.6) is 0 Å². The van der Waals surface area contributed by atoms with E-state index in [1.165, 1.54) is 5.56 Å². The van der Waals surface area contributed by atoms with E-state index in [1.54, 1.807) is 0 Å². The predicted molar refractivity (Wildman–Crippen MR) is 89.1 cm³/mol. The Morgan fingerprint density at radius 3 is 2.57 bits per heavy atom. The largest absolute Gasteiger partial charge is 0.395 e. The van der Waals surface area contributed by atoms with Crippen molar-refractivity contribution < 1.29 is 5.11 Å². The Morgan fingerprint density at radius 2 is 1.95 bits per heavy atom. The van der Waals surface area contributed by atoms with E-state index in [4.69, 9.17) is 5.11 Å². The molecule has 0 aromatic heterocycles. The summed E-state index contributed by atoms with van der Waals surface area (Å²) in [5.74, 6) is 6.19. The third-order valence-corrected chi connectivity index (χ3v) is 3.51. The summed E-state index contributed by atoms with van der Waals surface area (Å²) in [6.45, 7) is 7.57. The normalized spacial score (nSPS) is 12.3. The van der Waals surface area contributed by atoms with Gasteiger partial charge in [-0.05, 0) is 39.2 Å². The van der Waals surface area contributed by atoms with Crippen LogP contribution in [0.1, 0.15) is 31.4 Å². The summed E-state index contributed by atoms with van der Waals surface area (Å²) in [6, 6.07) is 8.80. The lowest BCUT2D eigenvalue weighted by atomic mass is 10.1. The zero-order valence-corrected chi connectivity index (χ0v) is 13.8. The minimum absolute atomic E-state index is 0.121. The van der Waals surface area contributed by atoms with Gasteiger partial charge in [0.2, 0.25) is 0 Å². The first-order chi connectivity index (χ1) is 10.1. The van der Waals surface area contributed by atoms with Crippen LogP contribution in [0.25, 0.3) is 0 Å². The number of rotatable bonds is 7. The van der Waals surface area contributed by atoms with Gasteiger partial charge in [0.25, 0.3) is 0 Å². The van der Waals surface area contributed by atoms with E-state index in [0.717, 1.165) is 25.2 Å². The molecule has 3 heteroatoms. The van der Waals surface area contributed by atoms with E-state index >= 15 is 0 Å². The average molecular weight is 288 g/mol. The number of aliphatic hydroxyl groups excluding tert-OH is 1. The maximum absolute atomic E-state index is 8.84. The fourth-order valence-corrected chi connectivity index (χ4v) is 2.44. The van der Waals surface area contributed by atoms with Crippen LogP contribution in [0.2, 0.25) is 0 Å². The van der Waals surface area contributed by atoms with E-state index in [1.807, 2.05) is 6.07 Å². The molecule has 1 aromatic rings. The molecule has 1 N–H and O–H groups in total. The maximum Gasteiger partial charge on any atom is 0.0540 e. The van der Waals surface area contributed by atoms with Crippen molar-refractivity contribution in [3.05, 3.63) is 35.4 Å². The Bertz CT molecular complexity index is 474. The lowest BCUT2D eigenvalue weighted by Crippen LogP contribution is -2.39. The minimum Gasteiger partial charge on any atom is -0.395 e. The molecule has 0 heterocycles. The molecule has 0 aliphatic heterocycles. The Hall–Kier alpha value is -1.34. The number of aliphatic hydroxyl groups is 1. The Kier molecular flexibility index (Phi) is 8.07. The van der Waals surface area contributed by atoms with Gasteiger partial charge in [-0.1, -0.05) is 37.0 Å². The number of hydrogen-bond acceptors (Lipinski definition) is 3. The highest BCUT2D eigenvalue weighted by molar-refractivity contribution is 5.41. The van der Waals surface area contributed by atoms with Gasteiger partial charge in [0.15, 0.2) is 0 Å². The van der Waals surface area contributed by atoms with Crippen LogP contribution in [0.4, 0.5) is 0 Å². The number of hydrogen-bond donors (Lipinski definition) is 1. The third kappa shape index (κ3) is 6.31. The summed E-state index contributed by atoms with van der Waals surface area (Å²) >= 11 is 0. The smallest absolute Gasteiger partial charge is 0.0540 e. The van der Waals surface area contributed by atoms with Crippen LogP contribution < -0.4 is 0 Å². The van der Waals surface area contributed by atoms with Crippen molar-refractivity contribution in [3.63, 3.8) is 0 Å². The van der Waals surface area contributed by atoms with E-state index in [0.29, 0.717) is 12.5 Å². The van der Waals surface area contributed by atoms with E-state index in [2.05, 4.69) is 67.8 Å². The standard InChI is InChI=1S/C18H28N2O/c1-5-20(16(2)14-19(3)4)15-18-12-7-6-10-17(18)11-8-9-13-21/h6-7,10,12,16,21H,5,9,13-15H2,1-4H3. The third-order valence-electron chi connectivity index (χ3n) is 3.51. The molecule has 1 rings (SSSR count). The first-order valence-electron chi connectivity index (χ1n) is 7.64. The molecule has 0 saturated heterocycles. The van der Waals surface area contributed by atoms with Gasteiger partial charge >= 0.3 is 0 Å². The van der Waals surface area contributed by atoms with Gasteiger partial charge in [-0.15, -0.1) is 0 Å². The molecule has 0 saturated carbocycles. The summed E-state index contributed by atoms with van der Waals surface area (Å²) in [4.78, 5) is 4.69. The van der Waals surface area contributed by atoms with Gasteiger partial charge < -0.3 is 10.0 Å². The Morgan fingerprint density at radius 1 is 1.24 bits per heavy atom. The van der Waals surface area contributed by atoms with Gasteiger partial charge in [-0.3, -0.25) is 4.90 Å². The van der Waals surface area contributed by atoms with Crippen LogP contribution in [0.15, 0.2) is 24.3 Å². The predicted octanol–water partition coefficient (Wildman–Crippen LogP) is 2.19. The molecule has 116 valence electrons. The van der Waals surface area contributed by atoms with Gasteiger partial charge in [0.05, 0.1) is 6.61 Å². The molecular formula is C18H28N2O. The first kappa shape index (κ1) is 17.7. The topological polar surface area (TPSA) is 26.7 Å². The van der Waals surface area contributed by atoms with Crippen molar-refractivity contribution in [3.8, 4) is 11.8 Å². The zero-order valence-electron chi connectivity index (χ0n) is 13.8. The highest BCUT2D eigenvalue weighted by Crippen LogP contribution is 2.13. The van der Waals surface area contributed by atoms with E-state index in [9.17, 15) is 0 Å². The Labute approximate surface area is 129 Å². The molecule has 0 aliphatic carbocycles. The van der Waals surface area contributed by atoms with Crippen molar-refractivity contribution in [2.45, 2.75) is 32.9 Å². The fraction of sp³-hybridized carbons (Fsp3) is 0.556. The molecule has 3 nitrogen and oxygen atoms in total. The maximum atomic E-state index is 8.84. The average Bonchev–Trinajstić information content (AvgIpc) is 2.45. The number of likely N-dealkylation sites (N-methyl/N-ethyl adjacent to an activating group) is 2. The summed E-state index contributed by atoms with van der Waals surface area (Å²) in [6.07, 6.45) is 0.531. The van der Waals surface area contributed by atoms with Gasteiger partial charge in [0, 0.05) is 31.1 Å². The van der Waals surface area contributed by atoms with E-state index in [-0.39, 0.29) is 6.61 Å². The molecule has 0 spiro atoms. The SMILES string of the molecule is CCN(Cc1ccccc1C#CCCO)C(C)CN(C)C. The van der Waals surface area contributed by atoms with Gasteiger partial charge in [0.1, 0.15) is 0 Å². The van der Waals surface area contributed by atoms with Crippen LogP contribution in [-0.2, 0) is 6.54 Å². The second kappa shape index (κ2) is 9.57. The lowest BCUT2D eigenvalue weighted by molar-refractivity contribution is 0.174. The van der Waals surface area contributed by atoms with Crippen molar-refractivity contribution in [2.24, 2.45) is 0 Å². The molecule has 1 aromatic carbocycles. The minimum atomic E-state index is 0.121. The lowest BCUT2D eigenvalue weighted by Gasteiger charge is -2.30. The molecule has 0 radical (unpaired) electrons. The van der Waals surface area contributed by atoms with E-state index < -0.39 is 0 Å². The van der Waals surface area contributed by atoms with Gasteiger partial charge in [-0.2, -0.15) is 0 Å².